The van der Waals surface area contributed by atoms with Gasteiger partial charge in [0.05, 0.1) is 7.11 Å². The Hall–Kier alpha value is -2.37. The molecule has 0 heterocycles. The van der Waals surface area contributed by atoms with E-state index in [0.717, 1.165) is 5.56 Å². The smallest absolute Gasteiger partial charge is 0.351 e. The van der Waals surface area contributed by atoms with Crippen molar-refractivity contribution in [3.8, 4) is 5.75 Å². The lowest BCUT2D eigenvalue weighted by molar-refractivity contribution is -0.140. The van der Waals surface area contributed by atoms with Crippen molar-refractivity contribution < 1.29 is 24.5 Å². The van der Waals surface area contributed by atoms with Gasteiger partial charge >= 0.3 is 11.9 Å². The average molecular weight is 265 g/mol. The fourth-order valence-corrected chi connectivity index (χ4v) is 1.45. The van der Waals surface area contributed by atoms with Gasteiger partial charge in [0.1, 0.15) is 23.1 Å². The van der Waals surface area contributed by atoms with E-state index < -0.39 is 23.6 Å². The molecule has 0 aliphatic rings. The van der Waals surface area contributed by atoms with Crippen LogP contribution in [0.2, 0.25) is 0 Å². The summed E-state index contributed by atoms with van der Waals surface area (Å²) in [5.41, 5.74) is 0.784. The van der Waals surface area contributed by atoms with E-state index in [-0.39, 0.29) is 0 Å². The molecule has 2 N–H and O–H groups in total. The lowest BCUT2D eigenvalue weighted by atomic mass is 10.1. The number of hydrogen-bond acceptors (Lipinski definition) is 4. The van der Waals surface area contributed by atoms with Crippen molar-refractivity contribution in [1.82, 2.24) is 0 Å². The topological polar surface area (TPSA) is 96.2 Å². The van der Waals surface area contributed by atoms with Crippen molar-refractivity contribution in [3.05, 3.63) is 23.8 Å². The summed E-state index contributed by atoms with van der Waals surface area (Å²) in [6, 6.07) is 5.03. The molecule has 0 aliphatic heterocycles. The van der Waals surface area contributed by atoms with E-state index >= 15 is 0 Å². The first-order valence-electron chi connectivity index (χ1n) is 5.56. The zero-order valence-electron chi connectivity index (χ0n) is 10.9. The van der Waals surface area contributed by atoms with Crippen molar-refractivity contribution in [2.24, 2.45) is 10.9 Å². The Morgan fingerprint density at radius 3 is 2.42 bits per heavy atom. The van der Waals surface area contributed by atoms with Gasteiger partial charge in [0, 0.05) is 0 Å². The Morgan fingerprint density at radius 1 is 1.32 bits per heavy atom. The predicted molar refractivity (Wildman–Crippen MR) is 69.3 cm³/mol. The summed E-state index contributed by atoms with van der Waals surface area (Å²) in [6.07, 6.45) is 0. The molecular formula is C13H15NO5. The van der Waals surface area contributed by atoms with Gasteiger partial charge in [-0.3, -0.25) is 4.79 Å². The highest BCUT2D eigenvalue weighted by Crippen LogP contribution is 2.29. The monoisotopic (exact) mass is 265 g/mol. The Labute approximate surface area is 110 Å². The number of carboxylic acids is 2. The van der Waals surface area contributed by atoms with Crippen molar-refractivity contribution in [2.45, 2.75) is 13.8 Å². The first-order chi connectivity index (χ1) is 8.86. The van der Waals surface area contributed by atoms with Crippen molar-refractivity contribution in [1.29, 1.82) is 0 Å². The highest BCUT2D eigenvalue weighted by molar-refractivity contribution is 6.40. The Balaban J connectivity index is 3.30. The fraction of sp³-hybridized carbons (Fsp3) is 0.308. The summed E-state index contributed by atoms with van der Waals surface area (Å²) in [5, 5.41) is 17.9. The first-order valence-corrected chi connectivity index (χ1v) is 5.56. The molecule has 0 bridgehead atoms. The number of aliphatic imine (C=N–C) groups is 1. The summed E-state index contributed by atoms with van der Waals surface area (Å²) in [6.45, 7) is 3.13. The maximum atomic E-state index is 11.1. The Bertz CT molecular complexity index is 536. The average Bonchev–Trinajstić information content (AvgIpc) is 2.35. The number of carboxylic acid groups (broad SMARTS) is 2. The second-order valence-electron chi connectivity index (χ2n) is 4.04. The van der Waals surface area contributed by atoms with Crippen LogP contribution in [0.5, 0.6) is 5.75 Å². The number of nitrogens with zero attached hydrogens (tertiary/aromatic N) is 1. The zero-order chi connectivity index (χ0) is 14.6. The van der Waals surface area contributed by atoms with Gasteiger partial charge in [-0.05, 0) is 31.5 Å². The van der Waals surface area contributed by atoms with Crippen LogP contribution in [0, 0.1) is 12.8 Å². The molecule has 1 aromatic carbocycles. The molecule has 6 nitrogen and oxygen atoms in total. The van der Waals surface area contributed by atoms with Crippen molar-refractivity contribution in [2.75, 3.05) is 7.11 Å². The molecule has 0 radical (unpaired) electrons. The number of aliphatic carboxylic acids is 2. The summed E-state index contributed by atoms with van der Waals surface area (Å²) < 4.78 is 5.10. The highest BCUT2D eigenvalue weighted by atomic mass is 16.5. The van der Waals surface area contributed by atoms with Crippen LogP contribution in [-0.2, 0) is 9.59 Å². The number of aryl methyl sites for hydroxylation is 1. The Kier molecular flexibility index (Phi) is 4.63. The molecule has 1 atom stereocenters. The van der Waals surface area contributed by atoms with Gasteiger partial charge in [0.25, 0.3) is 0 Å². The lowest BCUT2D eigenvalue weighted by Gasteiger charge is -2.09. The molecule has 0 amide bonds. The van der Waals surface area contributed by atoms with E-state index in [1.54, 1.807) is 18.2 Å². The summed E-state index contributed by atoms with van der Waals surface area (Å²) >= 11 is 0. The number of hydrogen-bond donors (Lipinski definition) is 2. The third-order valence-electron chi connectivity index (χ3n) is 2.58. The van der Waals surface area contributed by atoms with Gasteiger partial charge in [-0.25, -0.2) is 9.79 Å². The molecule has 1 rings (SSSR count). The van der Waals surface area contributed by atoms with Crippen molar-refractivity contribution in [3.63, 3.8) is 0 Å². The van der Waals surface area contributed by atoms with E-state index in [0.29, 0.717) is 11.4 Å². The van der Waals surface area contributed by atoms with Crippen LogP contribution in [0.1, 0.15) is 12.5 Å². The van der Waals surface area contributed by atoms with E-state index in [2.05, 4.69) is 4.99 Å². The molecule has 19 heavy (non-hydrogen) atoms. The third kappa shape index (κ3) is 3.54. The predicted octanol–water partition coefficient (Wildman–Crippen LogP) is 1.88. The summed E-state index contributed by atoms with van der Waals surface area (Å²) in [4.78, 5) is 25.9. The van der Waals surface area contributed by atoms with Gasteiger partial charge in [0.2, 0.25) is 0 Å². The van der Waals surface area contributed by atoms with Crippen LogP contribution in [0.4, 0.5) is 5.69 Å². The van der Waals surface area contributed by atoms with Crippen molar-refractivity contribution >= 4 is 23.3 Å². The minimum absolute atomic E-state index is 0.290. The Morgan fingerprint density at radius 2 is 1.95 bits per heavy atom. The molecule has 0 spiro atoms. The number of carbonyl (C=O) groups is 2. The molecule has 0 fully saturated rings. The minimum atomic E-state index is -1.36. The van der Waals surface area contributed by atoms with Crippen LogP contribution < -0.4 is 4.74 Å². The van der Waals surface area contributed by atoms with Crippen LogP contribution in [0.3, 0.4) is 0 Å². The number of benzene rings is 1. The number of rotatable bonds is 5. The molecule has 1 unspecified atom stereocenters. The molecule has 0 aliphatic carbocycles. The maximum absolute atomic E-state index is 11.1. The molecule has 1 aromatic rings. The van der Waals surface area contributed by atoms with E-state index in [9.17, 15) is 9.59 Å². The van der Waals surface area contributed by atoms with Gasteiger partial charge in [0.15, 0.2) is 0 Å². The lowest BCUT2D eigenvalue weighted by Crippen LogP contribution is -2.27. The molecule has 102 valence electrons. The molecular weight excluding hydrogens is 250 g/mol. The van der Waals surface area contributed by atoms with Crippen LogP contribution in [0.25, 0.3) is 0 Å². The van der Waals surface area contributed by atoms with Crippen LogP contribution in [0.15, 0.2) is 23.2 Å². The molecule has 6 heteroatoms. The molecule has 0 saturated heterocycles. The minimum Gasteiger partial charge on any atom is -0.494 e. The van der Waals surface area contributed by atoms with Gasteiger partial charge in [-0.15, -0.1) is 0 Å². The first kappa shape index (κ1) is 14.7. The van der Waals surface area contributed by atoms with E-state index in [1.807, 2.05) is 6.92 Å². The van der Waals surface area contributed by atoms with Gasteiger partial charge in [-0.1, -0.05) is 6.07 Å². The van der Waals surface area contributed by atoms with Crippen LogP contribution >= 0.6 is 0 Å². The van der Waals surface area contributed by atoms with Gasteiger partial charge in [-0.2, -0.15) is 0 Å². The molecule has 0 aromatic heterocycles. The summed E-state index contributed by atoms with van der Waals surface area (Å²) in [7, 11) is 1.44. The SMILES string of the molecule is COc1cc(C)ccc1N=C(C(=O)O)C(C)C(=O)O. The summed E-state index contributed by atoms with van der Waals surface area (Å²) in [5.74, 6) is -3.41. The van der Waals surface area contributed by atoms with Gasteiger partial charge < -0.3 is 14.9 Å². The zero-order valence-corrected chi connectivity index (χ0v) is 10.9. The second-order valence-corrected chi connectivity index (χ2v) is 4.04. The molecule has 0 saturated carbocycles. The van der Waals surface area contributed by atoms with Crippen LogP contribution in [-0.4, -0.2) is 35.0 Å². The largest absolute Gasteiger partial charge is 0.494 e. The highest BCUT2D eigenvalue weighted by Gasteiger charge is 2.25. The maximum Gasteiger partial charge on any atom is 0.351 e. The van der Waals surface area contributed by atoms with E-state index in [4.69, 9.17) is 14.9 Å². The van der Waals surface area contributed by atoms with E-state index in [1.165, 1.54) is 14.0 Å². The standard InChI is InChI=1S/C13H15NO5/c1-7-4-5-9(10(6-7)19-3)14-11(13(17)18)8(2)12(15)16/h4-6,8H,1-3H3,(H,15,16)(H,17,18). The number of methoxy groups -OCH3 is 1. The fourth-order valence-electron chi connectivity index (χ4n) is 1.45. The number of ether oxygens (including phenoxy) is 1. The second kappa shape index (κ2) is 5.99. The third-order valence-corrected chi connectivity index (χ3v) is 2.58. The quantitative estimate of drug-likeness (QED) is 0.792. The normalized spacial score (nSPS) is 12.9.